The Hall–Kier alpha value is -0.470. The van der Waals surface area contributed by atoms with Gasteiger partial charge in [-0.05, 0) is 63.8 Å². The van der Waals surface area contributed by atoms with Crippen LogP contribution < -0.4 is 10.0 Å². The smallest absolute Gasteiger partial charge is 0.241 e. The van der Waals surface area contributed by atoms with E-state index in [1.165, 1.54) is 11.3 Å². The molecule has 0 aromatic carbocycles. The van der Waals surface area contributed by atoms with Gasteiger partial charge < -0.3 is 10.2 Å². The SMILES string of the molecule is CNCc1scc(C)c1S(=O)(=O)NCC1CCN(C)CC1. The fraction of sp³-hybridized carbons (Fsp3) is 0.714. The zero-order valence-electron chi connectivity index (χ0n) is 13.0. The third-order valence-electron chi connectivity index (χ3n) is 4.00. The van der Waals surface area contributed by atoms with Crippen molar-refractivity contribution in [2.75, 3.05) is 33.7 Å². The Balaban J connectivity index is 2.03. The lowest BCUT2D eigenvalue weighted by Gasteiger charge is -2.28. The van der Waals surface area contributed by atoms with E-state index in [9.17, 15) is 8.42 Å². The van der Waals surface area contributed by atoms with Crippen LogP contribution >= 0.6 is 11.3 Å². The molecule has 0 unspecified atom stereocenters. The van der Waals surface area contributed by atoms with Gasteiger partial charge in [-0.15, -0.1) is 11.3 Å². The molecule has 0 aliphatic carbocycles. The molecule has 120 valence electrons. The van der Waals surface area contributed by atoms with Crippen molar-refractivity contribution in [1.82, 2.24) is 14.9 Å². The van der Waals surface area contributed by atoms with Gasteiger partial charge in [0.2, 0.25) is 10.0 Å². The Bertz CT molecular complexity index is 561. The number of thiophene rings is 1. The molecule has 1 aliphatic rings. The van der Waals surface area contributed by atoms with Crippen LogP contribution in [-0.4, -0.2) is 47.0 Å². The number of sulfonamides is 1. The van der Waals surface area contributed by atoms with Crippen LogP contribution in [0.1, 0.15) is 23.3 Å². The van der Waals surface area contributed by atoms with Gasteiger partial charge in [0.15, 0.2) is 0 Å². The molecule has 1 aromatic heterocycles. The predicted molar refractivity (Wildman–Crippen MR) is 87.2 cm³/mol. The second-order valence-corrected chi connectivity index (χ2v) is 8.47. The average Bonchev–Trinajstić information content (AvgIpc) is 2.80. The molecule has 0 amide bonds. The highest BCUT2D eigenvalue weighted by Crippen LogP contribution is 2.27. The topological polar surface area (TPSA) is 61.4 Å². The molecule has 0 bridgehead atoms. The van der Waals surface area contributed by atoms with Crippen molar-refractivity contribution >= 4 is 21.4 Å². The lowest BCUT2D eigenvalue weighted by Crippen LogP contribution is -2.37. The number of aryl methyl sites for hydroxylation is 1. The molecule has 0 saturated carbocycles. The molecule has 1 aliphatic heterocycles. The summed E-state index contributed by atoms with van der Waals surface area (Å²) in [6.45, 7) is 5.09. The van der Waals surface area contributed by atoms with Gasteiger partial charge in [0.05, 0.1) is 0 Å². The summed E-state index contributed by atoms with van der Waals surface area (Å²) in [5, 5.41) is 4.95. The summed E-state index contributed by atoms with van der Waals surface area (Å²) in [6.07, 6.45) is 2.12. The predicted octanol–water partition coefficient (Wildman–Crippen LogP) is 1.40. The summed E-state index contributed by atoms with van der Waals surface area (Å²) in [6, 6.07) is 0. The van der Waals surface area contributed by atoms with Gasteiger partial charge in [-0.3, -0.25) is 0 Å². The minimum absolute atomic E-state index is 0.447. The molecule has 2 rings (SSSR count). The summed E-state index contributed by atoms with van der Waals surface area (Å²) >= 11 is 1.50. The number of hydrogen-bond acceptors (Lipinski definition) is 5. The molecule has 0 radical (unpaired) electrons. The van der Waals surface area contributed by atoms with Crippen LogP contribution in [0.25, 0.3) is 0 Å². The van der Waals surface area contributed by atoms with Gasteiger partial charge in [0.25, 0.3) is 0 Å². The minimum atomic E-state index is -3.41. The highest BCUT2D eigenvalue weighted by Gasteiger charge is 2.24. The van der Waals surface area contributed by atoms with Crippen molar-refractivity contribution in [3.8, 4) is 0 Å². The van der Waals surface area contributed by atoms with E-state index in [0.29, 0.717) is 23.9 Å². The molecule has 1 fully saturated rings. The fourth-order valence-corrected chi connectivity index (χ4v) is 5.63. The molecule has 0 atom stereocenters. The van der Waals surface area contributed by atoms with Crippen LogP contribution in [0.2, 0.25) is 0 Å². The van der Waals surface area contributed by atoms with Gasteiger partial charge in [0.1, 0.15) is 4.90 Å². The average molecular weight is 332 g/mol. The van der Waals surface area contributed by atoms with Gasteiger partial charge in [-0.25, -0.2) is 13.1 Å². The molecule has 5 nitrogen and oxygen atoms in total. The van der Waals surface area contributed by atoms with Crippen LogP contribution in [-0.2, 0) is 16.6 Å². The molecule has 1 saturated heterocycles. The first kappa shape index (κ1) is 16.9. The molecule has 2 heterocycles. The Labute approximate surface area is 131 Å². The second kappa shape index (κ2) is 7.19. The van der Waals surface area contributed by atoms with E-state index in [1.54, 1.807) is 0 Å². The Morgan fingerprint density at radius 1 is 1.38 bits per heavy atom. The molecule has 7 heteroatoms. The van der Waals surface area contributed by atoms with Crippen molar-refractivity contribution in [2.24, 2.45) is 5.92 Å². The molecule has 0 spiro atoms. The van der Waals surface area contributed by atoms with E-state index in [2.05, 4.69) is 22.0 Å². The minimum Gasteiger partial charge on any atom is -0.315 e. The Morgan fingerprint density at radius 2 is 2.05 bits per heavy atom. The number of rotatable bonds is 6. The van der Waals surface area contributed by atoms with Crippen LogP contribution in [0, 0.1) is 12.8 Å². The highest BCUT2D eigenvalue weighted by molar-refractivity contribution is 7.89. The maximum absolute atomic E-state index is 12.6. The number of piperidine rings is 1. The summed E-state index contributed by atoms with van der Waals surface area (Å²) in [5.41, 5.74) is 0.834. The maximum Gasteiger partial charge on any atom is 0.241 e. The van der Waals surface area contributed by atoms with Crippen molar-refractivity contribution in [1.29, 1.82) is 0 Å². The number of nitrogens with zero attached hydrogens (tertiary/aromatic N) is 1. The Morgan fingerprint density at radius 3 is 2.67 bits per heavy atom. The van der Waals surface area contributed by atoms with Crippen LogP contribution in [0.4, 0.5) is 0 Å². The Kier molecular flexibility index (Phi) is 5.79. The maximum atomic E-state index is 12.6. The van der Waals surface area contributed by atoms with Crippen molar-refractivity contribution in [3.63, 3.8) is 0 Å². The number of hydrogen-bond donors (Lipinski definition) is 2. The number of likely N-dealkylation sites (tertiary alicyclic amines) is 1. The lowest BCUT2D eigenvalue weighted by molar-refractivity contribution is 0.220. The monoisotopic (exact) mass is 331 g/mol. The van der Waals surface area contributed by atoms with E-state index in [-0.39, 0.29) is 0 Å². The van der Waals surface area contributed by atoms with Gasteiger partial charge >= 0.3 is 0 Å². The molecule has 21 heavy (non-hydrogen) atoms. The summed E-state index contributed by atoms with van der Waals surface area (Å²) in [5.74, 6) is 0.447. The number of nitrogens with one attached hydrogen (secondary N) is 2. The summed E-state index contributed by atoms with van der Waals surface area (Å²) < 4.78 is 28.0. The second-order valence-electron chi connectivity index (χ2n) is 5.80. The highest BCUT2D eigenvalue weighted by atomic mass is 32.2. The molecular weight excluding hydrogens is 306 g/mol. The van der Waals surface area contributed by atoms with E-state index < -0.39 is 10.0 Å². The molecular formula is C14H25N3O2S2. The lowest BCUT2D eigenvalue weighted by atomic mass is 9.98. The third kappa shape index (κ3) is 4.26. The standard InChI is InChI=1S/C14H25N3O2S2/c1-11-10-20-13(9-15-2)14(11)21(18,19)16-8-12-4-6-17(3)7-5-12/h10,12,15-16H,4-9H2,1-3H3. The first-order valence-electron chi connectivity index (χ1n) is 7.34. The largest absolute Gasteiger partial charge is 0.315 e. The van der Waals surface area contributed by atoms with Gasteiger partial charge in [0, 0.05) is 18.0 Å². The zero-order valence-corrected chi connectivity index (χ0v) is 14.6. The fourth-order valence-electron chi connectivity index (χ4n) is 2.70. The molecule has 2 N–H and O–H groups in total. The van der Waals surface area contributed by atoms with Crippen molar-refractivity contribution < 1.29 is 8.42 Å². The first-order valence-corrected chi connectivity index (χ1v) is 9.70. The van der Waals surface area contributed by atoms with Crippen molar-refractivity contribution in [2.45, 2.75) is 31.2 Å². The van der Waals surface area contributed by atoms with E-state index in [4.69, 9.17) is 0 Å². The van der Waals surface area contributed by atoms with Gasteiger partial charge in [-0.2, -0.15) is 0 Å². The van der Waals surface area contributed by atoms with Crippen LogP contribution in [0.3, 0.4) is 0 Å². The van der Waals surface area contributed by atoms with Crippen LogP contribution in [0.5, 0.6) is 0 Å². The third-order valence-corrected chi connectivity index (χ3v) is 6.88. The van der Waals surface area contributed by atoms with Crippen LogP contribution in [0.15, 0.2) is 10.3 Å². The molecule has 1 aromatic rings. The zero-order chi connectivity index (χ0) is 15.5. The first-order chi connectivity index (χ1) is 9.94. The van der Waals surface area contributed by atoms with Gasteiger partial charge in [-0.1, -0.05) is 0 Å². The summed E-state index contributed by atoms with van der Waals surface area (Å²) in [7, 11) is 0.534. The summed E-state index contributed by atoms with van der Waals surface area (Å²) in [4.78, 5) is 3.64. The van der Waals surface area contributed by atoms with E-state index >= 15 is 0 Å². The normalized spacial score (nSPS) is 18.2. The quantitative estimate of drug-likeness (QED) is 0.827. The van der Waals surface area contributed by atoms with E-state index in [0.717, 1.165) is 36.4 Å². The van der Waals surface area contributed by atoms with Crippen molar-refractivity contribution in [3.05, 3.63) is 15.8 Å². The van der Waals surface area contributed by atoms with E-state index in [1.807, 2.05) is 19.4 Å².